The van der Waals surface area contributed by atoms with Crippen LogP contribution in [0.4, 0.5) is 0 Å². The predicted molar refractivity (Wildman–Crippen MR) is 178 cm³/mol. The maximum absolute atomic E-state index is 6.30. The molecule has 3 nitrogen and oxygen atoms in total. The van der Waals surface area contributed by atoms with Crippen LogP contribution in [0.25, 0.3) is 61.4 Å². The molecule has 2 aliphatic rings. The fraction of sp³-hybridized carbons (Fsp3) is 0.200. The van der Waals surface area contributed by atoms with Gasteiger partial charge in [-0.15, -0.1) is 0 Å². The van der Waals surface area contributed by atoms with Gasteiger partial charge in [-0.25, -0.2) is 9.97 Å². The second-order valence-electron chi connectivity index (χ2n) is 11.9. The highest BCUT2D eigenvalue weighted by molar-refractivity contribution is 6.07. The van der Waals surface area contributed by atoms with Crippen molar-refractivity contribution in [3.8, 4) is 33.8 Å². The number of aromatic nitrogens is 2. The van der Waals surface area contributed by atoms with Crippen molar-refractivity contribution in [2.75, 3.05) is 0 Å². The van der Waals surface area contributed by atoms with Crippen molar-refractivity contribution in [2.24, 2.45) is 0 Å². The first-order valence-electron chi connectivity index (χ1n) is 15.5. The monoisotopic (exact) mass is 558 g/mol. The highest BCUT2D eigenvalue weighted by Gasteiger charge is 2.46. The number of benzene rings is 4. The molecular formula is C40H34N2O. The maximum atomic E-state index is 6.30. The van der Waals surface area contributed by atoms with Gasteiger partial charge in [0.25, 0.3) is 0 Å². The summed E-state index contributed by atoms with van der Waals surface area (Å²) in [5.41, 5.74) is 13.8. The normalized spacial score (nSPS) is 17.8. The summed E-state index contributed by atoms with van der Waals surface area (Å²) in [6, 6.07) is 34.1. The molecule has 0 amide bonds. The lowest BCUT2D eigenvalue weighted by molar-refractivity contribution is 0.353. The number of fused-ring (bicyclic) bond motifs is 5. The number of nitrogens with zero attached hydrogens (tertiary/aromatic N) is 2. The van der Waals surface area contributed by atoms with Crippen LogP contribution in [-0.2, 0) is 5.41 Å². The molecule has 0 aliphatic heterocycles. The van der Waals surface area contributed by atoms with Gasteiger partial charge < -0.3 is 4.42 Å². The molecule has 3 heteroatoms. The van der Waals surface area contributed by atoms with Crippen LogP contribution < -0.4 is 0 Å². The Kier molecular flexibility index (Phi) is 6.15. The van der Waals surface area contributed by atoms with E-state index in [4.69, 9.17) is 14.4 Å². The topological polar surface area (TPSA) is 38.9 Å². The fourth-order valence-corrected chi connectivity index (χ4v) is 7.80. The van der Waals surface area contributed by atoms with E-state index in [1.54, 1.807) is 0 Å². The summed E-state index contributed by atoms with van der Waals surface area (Å²) in [5, 5.41) is 1.01. The molecule has 0 N–H and O–H groups in total. The summed E-state index contributed by atoms with van der Waals surface area (Å²) in [6.07, 6.45) is 11.0. The Morgan fingerprint density at radius 3 is 2.14 bits per heavy atom. The summed E-state index contributed by atoms with van der Waals surface area (Å²) in [5.74, 6) is 0.707. The molecular weight excluding hydrogens is 524 g/mol. The number of furan rings is 1. The van der Waals surface area contributed by atoms with Gasteiger partial charge in [-0.2, -0.15) is 0 Å². The van der Waals surface area contributed by atoms with E-state index in [2.05, 4.69) is 86.7 Å². The second kappa shape index (κ2) is 10.2. The van der Waals surface area contributed by atoms with Crippen molar-refractivity contribution in [3.63, 3.8) is 0 Å². The third-order valence-electron chi connectivity index (χ3n) is 9.64. The van der Waals surface area contributed by atoms with E-state index in [0.29, 0.717) is 5.82 Å². The quantitative estimate of drug-likeness (QED) is 0.217. The Morgan fingerprint density at radius 1 is 0.651 bits per heavy atom. The Hall–Kier alpha value is -4.76. The van der Waals surface area contributed by atoms with Crippen LogP contribution in [0.3, 0.4) is 0 Å². The fourth-order valence-electron chi connectivity index (χ4n) is 7.80. The summed E-state index contributed by atoms with van der Waals surface area (Å²) in [7, 11) is 0. The minimum absolute atomic E-state index is 0.112. The van der Waals surface area contributed by atoms with Crippen molar-refractivity contribution in [2.45, 2.75) is 51.4 Å². The number of rotatable bonds is 3. The molecule has 2 aliphatic carbocycles. The largest absolute Gasteiger partial charge is 0.452 e. The lowest BCUT2D eigenvalue weighted by atomic mass is 9.66. The van der Waals surface area contributed by atoms with Crippen molar-refractivity contribution < 1.29 is 4.42 Å². The molecule has 210 valence electrons. The minimum atomic E-state index is 0.112. The zero-order chi connectivity index (χ0) is 29.0. The van der Waals surface area contributed by atoms with E-state index < -0.39 is 0 Å². The van der Waals surface area contributed by atoms with Crippen LogP contribution in [0.1, 0.15) is 57.1 Å². The SMILES string of the molecule is C/C=C1\C(=C/C)c2cccc(-c3ccc(-c4nc(-c5ccccc5)c5oc6ccccc6c5n4)cc3)c2C12CCCCC2. The van der Waals surface area contributed by atoms with Gasteiger partial charge in [-0.05, 0) is 72.2 Å². The zero-order valence-electron chi connectivity index (χ0n) is 24.7. The lowest BCUT2D eigenvalue weighted by Crippen LogP contribution is -2.28. The molecule has 43 heavy (non-hydrogen) atoms. The van der Waals surface area contributed by atoms with Crippen LogP contribution in [0, 0.1) is 0 Å². The molecule has 0 atom stereocenters. The predicted octanol–water partition coefficient (Wildman–Crippen LogP) is 10.9. The highest BCUT2D eigenvalue weighted by atomic mass is 16.3. The summed E-state index contributed by atoms with van der Waals surface area (Å²) in [4.78, 5) is 10.2. The summed E-state index contributed by atoms with van der Waals surface area (Å²) in [6.45, 7) is 4.41. The molecule has 1 saturated carbocycles. The number of para-hydroxylation sites is 1. The van der Waals surface area contributed by atoms with E-state index in [-0.39, 0.29) is 5.41 Å². The molecule has 4 aromatic carbocycles. The van der Waals surface area contributed by atoms with Gasteiger partial charge in [-0.3, -0.25) is 0 Å². The minimum Gasteiger partial charge on any atom is -0.452 e. The third-order valence-corrected chi connectivity index (χ3v) is 9.64. The van der Waals surface area contributed by atoms with E-state index >= 15 is 0 Å². The molecule has 1 fully saturated rings. The molecule has 1 spiro atoms. The zero-order valence-corrected chi connectivity index (χ0v) is 24.7. The van der Waals surface area contributed by atoms with Gasteiger partial charge in [0.05, 0.1) is 0 Å². The number of hydrogen-bond donors (Lipinski definition) is 0. The van der Waals surface area contributed by atoms with E-state index in [0.717, 1.165) is 38.9 Å². The van der Waals surface area contributed by atoms with Crippen molar-refractivity contribution >= 4 is 27.6 Å². The van der Waals surface area contributed by atoms with Crippen molar-refractivity contribution in [1.82, 2.24) is 9.97 Å². The first kappa shape index (κ1) is 25.9. The Morgan fingerprint density at radius 2 is 1.37 bits per heavy atom. The van der Waals surface area contributed by atoms with E-state index in [1.807, 2.05) is 36.4 Å². The third kappa shape index (κ3) is 3.95. The first-order chi connectivity index (χ1) is 21.2. The smallest absolute Gasteiger partial charge is 0.180 e. The molecule has 2 aromatic heterocycles. The molecule has 6 aromatic rings. The highest BCUT2D eigenvalue weighted by Crippen LogP contribution is 2.59. The average Bonchev–Trinajstić information content (AvgIpc) is 3.58. The standard InChI is InChI=1S/C40H34N2O/c1-3-29-31-18-13-17-30(35(31)40(33(29)4-2)24-11-6-12-25-40)26-20-22-28(23-21-26)39-41-36(27-14-7-5-8-15-27)38-37(42-39)32-16-9-10-19-34(32)43-38/h3-5,7-10,13-23H,6,11-12,24-25H2,1-2H3/b29-3-,33-4+. The van der Waals surface area contributed by atoms with Gasteiger partial charge in [0, 0.05) is 21.9 Å². The first-order valence-corrected chi connectivity index (χ1v) is 15.5. The number of allylic oxidation sites excluding steroid dienone is 4. The van der Waals surface area contributed by atoms with Crippen LogP contribution in [0.15, 0.2) is 119 Å². The van der Waals surface area contributed by atoms with Gasteiger partial charge in [0.15, 0.2) is 11.4 Å². The molecule has 0 bridgehead atoms. The van der Waals surface area contributed by atoms with Gasteiger partial charge in [0.1, 0.15) is 16.8 Å². The molecule has 8 rings (SSSR count). The summed E-state index contributed by atoms with van der Waals surface area (Å²) < 4.78 is 6.30. The van der Waals surface area contributed by atoms with Crippen LogP contribution >= 0.6 is 0 Å². The maximum Gasteiger partial charge on any atom is 0.180 e. The van der Waals surface area contributed by atoms with E-state index in [1.165, 1.54) is 65.5 Å². The molecule has 0 radical (unpaired) electrons. The van der Waals surface area contributed by atoms with Crippen LogP contribution in [-0.4, -0.2) is 9.97 Å². The second-order valence-corrected chi connectivity index (χ2v) is 11.9. The Labute approximate surface area is 252 Å². The van der Waals surface area contributed by atoms with Gasteiger partial charge in [0.2, 0.25) is 0 Å². The molecule has 2 heterocycles. The van der Waals surface area contributed by atoms with Gasteiger partial charge in [-0.1, -0.05) is 116 Å². The summed E-state index contributed by atoms with van der Waals surface area (Å²) >= 11 is 0. The molecule has 0 unspecified atom stereocenters. The van der Waals surface area contributed by atoms with Crippen molar-refractivity contribution in [3.05, 3.63) is 126 Å². The average molecular weight is 559 g/mol. The van der Waals surface area contributed by atoms with Crippen molar-refractivity contribution in [1.29, 1.82) is 0 Å². The lowest BCUT2D eigenvalue weighted by Gasteiger charge is -2.37. The van der Waals surface area contributed by atoms with E-state index in [9.17, 15) is 0 Å². The molecule has 0 saturated heterocycles. The van der Waals surface area contributed by atoms with Crippen LogP contribution in [0.2, 0.25) is 0 Å². The Bertz CT molecular complexity index is 2060. The Balaban J connectivity index is 1.27. The van der Waals surface area contributed by atoms with Gasteiger partial charge >= 0.3 is 0 Å². The van der Waals surface area contributed by atoms with Crippen LogP contribution in [0.5, 0.6) is 0 Å². The number of hydrogen-bond acceptors (Lipinski definition) is 3.